The van der Waals surface area contributed by atoms with Crippen LogP contribution in [0.1, 0.15) is 134 Å². The molecule has 0 bridgehead atoms. The van der Waals surface area contributed by atoms with Gasteiger partial charge in [0, 0.05) is 18.0 Å². The number of aryl methyl sites for hydroxylation is 1. The van der Waals surface area contributed by atoms with Crippen LogP contribution in [0.4, 0.5) is 0 Å². The summed E-state index contributed by atoms with van der Waals surface area (Å²) in [5.41, 5.74) is 3.97. The van der Waals surface area contributed by atoms with E-state index in [0.717, 1.165) is 41.5 Å². The first-order chi connectivity index (χ1) is 17.2. The van der Waals surface area contributed by atoms with Crippen LogP contribution in [0.2, 0.25) is 0 Å². The summed E-state index contributed by atoms with van der Waals surface area (Å²) in [4.78, 5) is 9.46. The standard InChI is InChI=1S/C33H50N2/c1-3-5-6-7-9-27-16-18-30(19-17-27)31-20-22-32(23-21-31)33-34-24-29(25-35-33)15-14-28-12-10-26(8-4-2)11-13-28/h20-28,30H,3-19H2,1-2H3. The van der Waals surface area contributed by atoms with Gasteiger partial charge in [-0.05, 0) is 73.3 Å². The zero-order valence-corrected chi connectivity index (χ0v) is 22.7. The summed E-state index contributed by atoms with van der Waals surface area (Å²) in [7, 11) is 0. The highest BCUT2D eigenvalue weighted by Crippen LogP contribution is 2.38. The Labute approximate surface area is 215 Å². The van der Waals surface area contributed by atoms with Crippen molar-refractivity contribution in [3.8, 4) is 11.4 Å². The summed E-state index contributed by atoms with van der Waals surface area (Å²) in [6, 6.07) is 9.17. The van der Waals surface area contributed by atoms with E-state index < -0.39 is 0 Å². The molecule has 2 heteroatoms. The van der Waals surface area contributed by atoms with Crippen molar-refractivity contribution in [1.82, 2.24) is 9.97 Å². The Bertz CT molecular complexity index is 824. The van der Waals surface area contributed by atoms with Gasteiger partial charge in [0.2, 0.25) is 0 Å². The highest BCUT2D eigenvalue weighted by Gasteiger charge is 2.22. The van der Waals surface area contributed by atoms with Gasteiger partial charge >= 0.3 is 0 Å². The lowest BCUT2D eigenvalue weighted by Crippen LogP contribution is -2.15. The molecule has 0 radical (unpaired) electrons. The van der Waals surface area contributed by atoms with Gasteiger partial charge in [0.1, 0.15) is 0 Å². The lowest BCUT2D eigenvalue weighted by Gasteiger charge is -2.29. The molecule has 2 aromatic rings. The molecule has 0 spiro atoms. The molecule has 0 amide bonds. The van der Waals surface area contributed by atoms with E-state index in [2.05, 4.69) is 50.5 Å². The minimum Gasteiger partial charge on any atom is -0.236 e. The van der Waals surface area contributed by atoms with Crippen LogP contribution in [-0.4, -0.2) is 9.97 Å². The van der Waals surface area contributed by atoms with Gasteiger partial charge in [0.15, 0.2) is 5.82 Å². The Morgan fingerprint density at radius 1 is 0.629 bits per heavy atom. The molecule has 2 aliphatic carbocycles. The van der Waals surface area contributed by atoms with E-state index in [4.69, 9.17) is 9.97 Å². The molecule has 0 aliphatic heterocycles. The number of unbranched alkanes of at least 4 members (excludes halogenated alkanes) is 3. The van der Waals surface area contributed by atoms with Gasteiger partial charge in [0.05, 0.1) is 0 Å². The van der Waals surface area contributed by atoms with Crippen LogP contribution in [-0.2, 0) is 6.42 Å². The number of benzene rings is 1. The van der Waals surface area contributed by atoms with Gasteiger partial charge in [-0.3, -0.25) is 0 Å². The predicted molar refractivity (Wildman–Crippen MR) is 150 cm³/mol. The van der Waals surface area contributed by atoms with E-state index in [9.17, 15) is 0 Å². The molecule has 4 rings (SSSR count). The first-order valence-electron chi connectivity index (χ1n) is 15.2. The molecule has 0 unspecified atom stereocenters. The van der Waals surface area contributed by atoms with Crippen LogP contribution < -0.4 is 0 Å². The van der Waals surface area contributed by atoms with E-state index in [1.165, 1.54) is 114 Å². The van der Waals surface area contributed by atoms with Gasteiger partial charge in [-0.2, -0.15) is 0 Å². The smallest absolute Gasteiger partial charge is 0.159 e. The van der Waals surface area contributed by atoms with Crippen molar-refractivity contribution < 1.29 is 0 Å². The summed E-state index contributed by atoms with van der Waals surface area (Å²) in [6.07, 6.45) is 27.8. The molecular formula is C33H50N2. The minimum atomic E-state index is 0.747. The van der Waals surface area contributed by atoms with Crippen LogP contribution >= 0.6 is 0 Å². The number of rotatable bonds is 12. The molecule has 2 saturated carbocycles. The highest BCUT2D eigenvalue weighted by atomic mass is 14.9. The van der Waals surface area contributed by atoms with Crippen molar-refractivity contribution in [3.05, 3.63) is 47.8 Å². The normalized spacial score (nSPS) is 25.0. The second-order valence-electron chi connectivity index (χ2n) is 11.8. The predicted octanol–water partition coefficient (Wildman–Crippen LogP) is 9.93. The fraction of sp³-hybridized carbons (Fsp3) is 0.697. The van der Waals surface area contributed by atoms with Gasteiger partial charge in [-0.1, -0.05) is 109 Å². The number of aromatic nitrogens is 2. The van der Waals surface area contributed by atoms with Gasteiger partial charge in [-0.25, -0.2) is 9.97 Å². The van der Waals surface area contributed by atoms with Crippen molar-refractivity contribution in [1.29, 1.82) is 0 Å². The van der Waals surface area contributed by atoms with E-state index in [1.54, 1.807) is 0 Å². The molecular weight excluding hydrogens is 424 g/mol. The van der Waals surface area contributed by atoms with Crippen molar-refractivity contribution in [2.24, 2.45) is 17.8 Å². The van der Waals surface area contributed by atoms with Crippen LogP contribution in [0.3, 0.4) is 0 Å². The van der Waals surface area contributed by atoms with Crippen LogP contribution in [0.25, 0.3) is 11.4 Å². The maximum absolute atomic E-state index is 4.73. The van der Waals surface area contributed by atoms with Gasteiger partial charge in [0.25, 0.3) is 0 Å². The third kappa shape index (κ3) is 8.16. The Morgan fingerprint density at radius 2 is 1.23 bits per heavy atom. The monoisotopic (exact) mass is 474 g/mol. The average molecular weight is 475 g/mol. The molecule has 0 atom stereocenters. The Balaban J connectivity index is 1.20. The summed E-state index contributed by atoms with van der Waals surface area (Å²) in [5.74, 6) is 4.50. The maximum atomic E-state index is 4.73. The van der Waals surface area contributed by atoms with Crippen molar-refractivity contribution in [2.45, 2.75) is 129 Å². The van der Waals surface area contributed by atoms with Gasteiger partial charge < -0.3 is 0 Å². The lowest BCUT2D eigenvalue weighted by atomic mass is 9.77. The molecule has 1 aromatic heterocycles. The Morgan fingerprint density at radius 3 is 1.86 bits per heavy atom. The van der Waals surface area contributed by atoms with E-state index in [0.29, 0.717) is 0 Å². The van der Waals surface area contributed by atoms with Crippen LogP contribution in [0, 0.1) is 17.8 Å². The first kappa shape index (κ1) is 26.4. The average Bonchev–Trinajstić information content (AvgIpc) is 2.92. The third-order valence-electron chi connectivity index (χ3n) is 9.16. The molecule has 2 nitrogen and oxygen atoms in total. The zero-order chi connectivity index (χ0) is 24.3. The first-order valence-corrected chi connectivity index (χ1v) is 15.2. The topological polar surface area (TPSA) is 25.8 Å². The van der Waals surface area contributed by atoms with E-state index in [1.807, 2.05) is 0 Å². The molecule has 1 aromatic carbocycles. The van der Waals surface area contributed by atoms with Crippen molar-refractivity contribution >= 4 is 0 Å². The molecule has 2 aliphatic rings. The molecule has 1 heterocycles. The Kier molecular flexibility index (Phi) is 10.7. The second kappa shape index (κ2) is 14.1. The Hall–Kier alpha value is -1.70. The van der Waals surface area contributed by atoms with Crippen molar-refractivity contribution in [2.75, 3.05) is 0 Å². The third-order valence-corrected chi connectivity index (χ3v) is 9.16. The quantitative estimate of drug-likeness (QED) is 0.286. The lowest BCUT2D eigenvalue weighted by molar-refractivity contribution is 0.252. The minimum absolute atomic E-state index is 0.747. The van der Waals surface area contributed by atoms with E-state index >= 15 is 0 Å². The fourth-order valence-corrected chi connectivity index (χ4v) is 6.77. The zero-order valence-electron chi connectivity index (χ0n) is 22.7. The maximum Gasteiger partial charge on any atom is 0.159 e. The van der Waals surface area contributed by atoms with Crippen molar-refractivity contribution in [3.63, 3.8) is 0 Å². The van der Waals surface area contributed by atoms with Crippen LogP contribution in [0.5, 0.6) is 0 Å². The number of hydrogen-bond acceptors (Lipinski definition) is 2. The van der Waals surface area contributed by atoms with Gasteiger partial charge in [-0.15, -0.1) is 0 Å². The molecule has 192 valence electrons. The summed E-state index contributed by atoms with van der Waals surface area (Å²) in [6.45, 7) is 4.63. The largest absolute Gasteiger partial charge is 0.236 e. The SMILES string of the molecule is CCCCCCC1CCC(c2ccc(-c3ncc(CCC4CCC(CCC)CC4)cn3)cc2)CC1. The summed E-state index contributed by atoms with van der Waals surface area (Å²) in [5, 5.41) is 0. The molecule has 2 fully saturated rings. The number of hydrogen-bond donors (Lipinski definition) is 0. The molecule has 0 saturated heterocycles. The number of nitrogens with zero attached hydrogens (tertiary/aromatic N) is 2. The summed E-state index contributed by atoms with van der Waals surface area (Å²) >= 11 is 0. The highest BCUT2D eigenvalue weighted by molar-refractivity contribution is 5.55. The molecule has 35 heavy (non-hydrogen) atoms. The fourth-order valence-electron chi connectivity index (χ4n) is 6.77. The van der Waals surface area contributed by atoms with E-state index in [-0.39, 0.29) is 0 Å². The summed E-state index contributed by atoms with van der Waals surface area (Å²) < 4.78 is 0. The van der Waals surface area contributed by atoms with Crippen LogP contribution in [0.15, 0.2) is 36.7 Å². The second-order valence-corrected chi connectivity index (χ2v) is 11.8. The molecule has 0 N–H and O–H groups in total.